The average Bonchev–Trinajstić information content (AvgIpc) is 2.74. The monoisotopic (exact) mass is 207 g/mol. The molecule has 0 spiro atoms. The Morgan fingerprint density at radius 2 is 1.69 bits per heavy atom. The van der Waals surface area contributed by atoms with Crippen LogP contribution in [0.3, 0.4) is 0 Å². The summed E-state index contributed by atoms with van der Waals surface area (Å²) in [6, 6.07) is 10.5. The van der Waals surface area contributed by atoms with E-state index in [0.717, 1.165) is 11.4 Å². The molecule has 1 aliphatic carbocycles. The first-order valence-electron chi connectivity index (χ1n) is 5.51. The van der Waals surface area contributed by atoms with E-state index in [2.05, 4.69) is 55.3 Å². The number of nitrogens with zero attached hydrogens (tertiary/aromatic N) is 1. The topological polar surface area (TPSA) is 12.4 Å². The van der Waals surface area contributed by atoms with Gasteiger partial charge in [0.25, 0.3) is 0 Å². The van der Waals surface area contributed by atoms with E-state index in [-0.39, 0.29) is 0 Å². The molecule has 0 bridgehead atoms. The minimum atomic E-state index is 1.12. The Labute approximate surface area is 95.5 Å². The Balaban J connectivity index is 2.21. The van der Waals surface area contributed by atoms with Crippen molar-refractivity contribution in [2.45, 2.75) is 13.8 Å². The van der Waals surface area contributed by atoms with Gasteiger partial charge in [-0.1, -0.05) is 30.3 Å². The van der Waals surface area contributed by atoms with Crippen LogP contribution in [-0.4, -0.2) is 5.71 Å². The molecule has 1 aliphatic heterocycles. The molecule has 1 heterocycles. The SMILES string of the molecule is CC1=CC2=C(c3ccccc3)C(C)=NC2=C1. The highest BCUT2D eigenvalue weighted by molar-refractivity contribution is 6.27. The number of rotatable bonds is 1. The molecular weight excluding hydrogens is 194 g/mol. The van der Waals surface area contributed by atoms with Gasteiger partial charge in [0.15, 0.2) is 0 Å². The fourth-order valence-electron chi connectivity index (χ4n) is 2.33. The summed E-state index contributed by atoms with van der Waals surface area (Å²) in [7, 11) is 0. The Hall–Kier alpha value is -1.89. The molecule has 1 heteroatoms. The second kappa shape index (κ2) is 3.31. The Bertz CT molecular complexity index is 569. The number of benzene rings is 1. The third-order valence-electron chi connectivity index (χ3n) is 2.99. The maximum Gasteiger partial charge on any atom is 0.0715 e. The van der Waals surface area contributed by atoms with Crippen LogP contribution in [0.25, 0.3) is 5.57 Å². The number of hydrogen-bond donors (Lipinski definition) is 0. The zero-order valence-electron chi connectivity index (χ0n) is 9.49. The predicted molar refractivity (Wildman–Crippen MR) is 68.3 cm³/mol. The number of hydrogen-bond acceptors (Lipinski definition) is 1. The van der Waals surface area contributed by atoms with Gasteiger partial charge in [0.1, 0.15) is 0 Å². The van der Waals surface area contributed by atoms with E-state index < -0.39 is 0 Å². The molecule has 0 atom stereocenters. The molecule has 2 aliphatic rings. The zero-order chi connectivity index (χ0) is 11.1. The van der Waals surface area contributed by atoms with Crippen molar-refractivity contribution in [1.82, 2.24) is 0 Å². The number of fused-ring (bicyclic) bond motifs is 1. The first kappa shape index (κ1) is 9.34. The van der Waals surface area contributed by atoms with Gasteiger partial charge in [-0.3, -0.25) is 4.99 Å². The molecule has 0 N–H and O–H groups in total. The van der Waals surface area contributed by atoms with E-state index in [4.69, 9.17) is 0 Å². The first-order chi connectivity index (χ1) is 7.75. The van der Waals surface area contributed by atoms with E-state index in [1.165, 1.54) is 22.3 Å². The third-order valence-corrected chi connectivity index (χ3v) is 2.99. The molecule has 78 valence electrons. The Morgan fingerprint density at radius 1 is 0.938 bits per heavy atom. The van der Waals surface area contributed by atoms with Crippen molar-refractivity contribution in [3.63, 3.8) is 0 Å². The summed E-state index contributed by atoms with van der Waals surface area (Å²) in [4.78, 5) is 4.61. The van der Waals surface area contributed by atoms with Crippen LogP contribution < -0.4 is 0 Å². The number of aliphatic imine (C=N–C) groups is 1. The van der Waals surface area contributed by atoms with Gasteiger partial charge in [0.2, 0.25) is 0 Å². The van der Waals surface area contributed by atoms with Gasteiger partial charge >= 0.3 is 0 Å². The van der Waals surface area contributed by atoms with E-state index in [0.29, 0.717) is 0 Å². The van der Waals surface area contributed by atoms with Crippen molar-refractivity contribution in [2.24, 2.45) is 4.99 Å². The summed E-state index contributed by atoms with van der Waals surface area (Å²) in [5, 5.41) is 0. The van der Waals surface area contributed by atoms with Crippen molar-refractivity contribution in [3.05, 3.63) is 64.9 Å². The highest BCUT2D eigenvalue weighted by Gasteiger charge is 2.23. The van der Waals surface area contributed by atoms with Crippen molar-refractivity contribution >= 4 is 11.3 Å². The fraction of sp³-hybridized carbons (Fsp3) is 0.133. The van der Waals surface area contributed by atoms with E-state index in [1.807, 2.05) is 6.07 Å². The van der Waals surface area contributed by atoms with Crippen LogP contribution in [-0.2, 0) is 0 Å². The average molecular weight is 207 g/mol. The van der Waals surface area contributed by atoms with Crippen molar-refractivity contribution < 1.29 is 0 Å². The number of allylic oxidation sites excluding steroid dienone is 4. The van der Waals surface area contributed by atoms with Crippen LogP contribution >= 0.6 is 0 Å². The first-order valence-corrected chi connectivity index (χ1v) is 5.51. The third kappa shape index (κ3) is 1.28. The largest absolute Gasteiger partial charge is 0.252 e. The molecule has 1 aromatic rings. The predicted octanol–water partition coefficient (Wildman–Crippen LogP) is 3.76. The van der Waals surface area contributed by atoms with Gasteiger partial charge in [-0.2, -0.15) is 0 Å². The molecule has 0 aromatic heterocycles. The molecule has 0 radical (unpaired) electrons. The van der Waals surface area contributed by atoms with Crippen LogP contribution in [0.1, 0.15) is 19.4 Å². The zero-order valence-corrected chi connectivity index (χ0v) is 9.49. The summed E-state index contributed by atoms with van der Waals surface area (Å²) in [5.74, 6) is 0. The lowest BCUT2D eigenvalue weighted by molar-refractivity contribution is 1.41. The Kier molecular flexibility index (Phi) is 1.93. The van der Waals surface area contributed by atoms with E-state index >= 15 is 0 Å². The smallest absolute Gasteiger partial charge is 0.0715 e. The van der Waals surface area contributed by atoms with Crippen LogP contribution in [0.4, 0.5) is 0 Å². The lowest BCUT2D eigenvalue weighted by Gasteiger charge is -2.04. The van der Waals surface area contributed by atoms with Gasteiger partial charge in [-0.05, 0) is 37.1 Å². The van der Waals surface area contributed by atoms with Crippen LogP contribution in [0.15, 0.2) is 64.3 Å². The van der Waals surface area contributed by atoms with Crippen molar-refractivity contribution in [1.29, 1.82) is 0 Å². The minimum Gasteiger partial charge on any atom is -0.252 e. The summed E-state index contributed by atoms with van der Waals surface area (Å²) in [6.45, 7) is 4.20. The lowest BCUT2D eigenvalue weighted by Crippen LogP contribution is -1.93. The standard InChI is InChI=1S/C15H13N/c1-10-8-13-14(9-10)16-11(2)15(13)12-6-4-3-5-7-12/h3-9H,1-2H3. The summed E-state index contributed by atoms with van der Waals surface area (Å²) in [6.07, 6.45) is 4.37. The van der Waals surface area contributed by atoms with Gasteiger partial charge in [-0.15, -0.1) is 0 Å². The molecule has 0 fully saturated rings. The molecule has 16 heavy (non-hydrogen) atoms. The fourth-order valence-corrected chi connectivity index (χ4v) is 2.33. The lowest BCUT2D eigenvalue weighted by atomic mass is 9.98. The molecule has 3 rings (SSSR count). The maximum absolute atomic E-state index is 4.61. The molecule has 0 unspecified atom stereocenters. The van der Waals surface area contributed by atoms with Crippen LogP contribution in [0.5, 0.6) is 0 Å². The normalized spacial score (nSPS) is 18.2. The van der Waals surface area contributed by atoms with Gasteiger partial charge < -0.3 is 0 Å². The van der Waals surface area contributed by atoms with Crippen molar-refractivity contribution in [3.8, 4) is 0 Å². The molecule has 1 aromatic carbocycles. The van der Waals surface area contributed by atoms with Gasteiger partial charge in [0.05, 0.1) is 5.70 Å². The second-order valence-corrected chi connectivity index (χ2v) is 4.27. The maximum atomic E-state index is 4.61. The molecule has 0 saturated carbocycles. The molecule has 0 amide bonds. The second-order valence-electron chi connectivity index (χ2n) is 4.27. The summed E-state index contributed by atoms with van der Waals surface area (Å²) < 4.78 is 0. The van der Waals surface area contributed by atoms with Crippen molar-refractivity contribution in [2.75, 3.05) is 0 Å². The Morgan fingerprint density at radius 3 is 2.44 bits per heavy atom. The summed E-state index contributed by atoms with van der Waals surface area (Å²) in [5.41, 5.74) is 7.35. The quantitative estimate of drug-likeness (QED) is 0.665. The summed E-state index contributed by atoms with van der Waals surface area (Å²) >= 11 is 0. The van der Waals surface area contributed by atoms with Gasteiger partial charge in [-0.25, -0.2) is 0 Å². The van der Waals surface area contributed by atoms with Crippen LogP contribution in [0.2, 0.25) is 0 Å². The van der Waals surface area contributed by atoms with Crippen LogP contribution in [0, 0.1) is 0 Å². The minimum absolute atomic E-state index is 1.12. The molecular formula is C15H13N. The van der Waals surface area contributed by atoms with Gasteiger partial charge in [0, 0.05) is 16.9 Å². The van der Waals surface area contributed by atoms with E-state index in [9.17, 15) is 0 Å². The molecule has 0 saturated heterocycles. The highest BCUT2D eigenvalue weighted by atomic mass is 14.8. The highest BCUT2D eigenvalue weighted by Crippen LogP contribution is 2.37. The van der Waals surface area contributed by atoms with E-state index in [1.54, 1.807) is 0 Å². The molecule has 1 nitrogen and oxygen atoms in total.